The third kappa shape index (κ3) is 5.09. The van der Waals surface area contributed by atoms with E-state index >= 15 is 0 Å². The predicted molar refractivity (Wildman–Crippen MR) is 128 cm³/mol. The number of aryl methyl sites for hydroxylation is 1. The molecule has 1 amide bonds. The molecule has 166 valence electrons. The molecule has 5 heteroatoms. The molecule has 0 spiro atoms. The first-order valence-electron chi connectivity index (χ1n) is 11.0. The molecule has 1 unspecified atom stereocenters. The molecule has 0 aromatic heterocycles. The van der Waals surface area contributed by atoms with E-state index in [1.54, 1.807) is 13.3 Å². The van der Waals surface area contributed by atoms with Crippen LogP contribution in [-0.2, 0) is 11.2 Å². The van der Waals surface area contributed by atoms with E-state index in [0.717, 1.165) is 28.9 Å². The van der Waals surface area contributed by atoms with Crippen molar-refractivity contribution in [2.24, 2.45) is 5.10 Å². The number of hydrazone groups is 1. The number of fused-ring (bicyclic) bond motifs is 1. The van der Waals surface area contributed by atoms with E-state index in [1.807, 2.05) is 24.3 Å². The molecular weight excluding hydrogens is 386 g/mol. The minimum atomic E-state index is -0.141. The standard InChI is InChI=1S/C26H35N3O2/c1-17(2)29-24-12-18(3)21(14-23(24)19(4)15-26(29,5)6)16-27-28-25(30)13-20-8-10-22(31-7)11-9-20/h8-12,14,16-17,19H,13,15H2,1-7H3,(H,28,30)/b27-16-. The van der Waals surface area contributed by atoms with E-state index in [-0.39, 0.29) is 17.9 Å². The fraction of sp³-hybridized carbons (Fsp3) is 0.462. The highest BCUT2D eigenvalue weighted by atomic mass is 16.5. The number of anilines is 1. The van der Waals surface area contributed by atoms with Crippen LogP contribution in [0.25, 0.3) is 0 Å². The molecule has 0 saturated carbocycles. The van der Waals surface area contributed by atoms with Crippen LogP contribution < -0.4 is 15.1 Å². The van der Waals surface area contributed by atoms with Gasteiger partial charge in [-0.25, -0.2) is 5.43 Å². The Kier molecular flexibility index (Phi) is 6.73. The van der Waals surface area contributed by atoms with Gasteiger partial charge in [-0.15, -0.1) is 0 Å². The lowest BCUT2D eigenvalue weighted by atomic mass is 9.78. The minimum absolute atomic E-state index is 0.123. The average molecular weight is 422 g/mol. The third-order valence-electron chi connectivity index (χ3n) is 6.10. The number of amides is 1. The maximum atomic E-state index is 12.3. The zero-order valence-electron chi connectivity index (χ0n) is 19.8. The molecular formula is C26H35N3O2. The first kappa shape index (κ1) is 22.9. The molecule has 1 N–H and O–H groups in total. The highest BCUT2D eigenvalue weighted by molar-refractivity contribution is 5.86. The monoisotopic (exact) mass is 421 g/mol. The van der Waals surface area contributed by atoms with Crippen LogP contribution in [0.5, 0.6) is 5.75 Å². The quantitative estimate of drug-likeness (QED) is 0.515. The van der Waals surface area contributed by atoms with Crippen LogP contribution >= 0.6 is 0 Å². The fourth-order valence-electron chi connectivity index (χ4n) is 4.87. The lowest BCUT2D eigenvalue weighted by Gasteiger charge is -2.50. The van der Waals surface area contributed by atoms with Crippen molar-refractivity contribution in [3.05, 3.63) is 58.7 Å². The Labute approximate surface area is 186 Å². The summed E-state index contributed by atoms with van der Waals surface area (Å²) >= 11 is 0. The number of benzene rings is 2. The largest absolute Gasteiger partial charge is 0.497 e. The maximum absolute atomic E-state index is 12.3. The summed E-state index contributed by atoms with van der Waals surface area (Å²) in [5.74, 6) is 1.11. The normalized spacial score (nSPS) is 17.7. The van der Waals surface area contributed by atoms with Gasteiger partial charge < -0.3 is 9.64 Å². The zero-order chi connectivity index (χ0) is 22.8. The number of carbonyl (C=O) groups excluding carboxylic acids is 1. The van der Waals surface area contributed by atoms with Crippen LogP contribution in [0.2, 0.25) is 0 Å². The van der Waals surface area contributed by atoms with Gasteiger partial charge in [-0.2, -0.15) is 5.10 Å². The Morgan fingerprint density at radius 2 is 1.97 bits per heavy atom. The van der Waals surface area contributed by atoms with Crippen LogP contribution in [0, 0.1) is 6.92 Å². The van der Waals surface area contributed by atoms with Gasteiger partial charge in [-0.05, 0) is 93.5 Å². The van der Waals surface area contributed by atoms with Crippen molar-refractivity contribution in [1.82, 2.24) is 5.43 Å². The van der Waals surface area contributed by atoms with E-state index in [1.165, 1.54) is 11.3 Å². The van der Waals surface area contributed by atoms with Gasteiger partial charge >= 0.3 is 0 Å². The van der Waals surface area contributed by atoms with Gasteiger partial charge in [0, 0.05) is 17.3 Å². The Balaban J connectivity index is 1.74. The van der Waals surface area contributed by atoms with Crippen molar-refractivity contribution in [2.75, 3.05) is 12.0 Å². The first-order chi connectivity index (χ1) is 14.6. The van der Waals surface area contributed by atoms with Crippen LogP contribution in [0.1, 0.15) is 69.2 Å². The number of methoxy groups -OCH3 is 1. The molecule has 0 aliphatic carbocycles. The third-order valence-corrected chi connectivity index (χ3v) is 6.10. The molecule has 31 heavy (non-hydrogen) atoms. The zero-order valence-corrected chi connectivity index (χ0v) is 19.8. The highest BCUT2D eigenvalue weighted by Gasteiger charge is 2.37. The lowest BCUT2D eigenvalue weighted by molar-refractivity contribution is -0.120. The molecule has 3 rings (SSSR count). The second-order valence-corrected chi connectivity index (χ2v) is 9.47. The second-order valence-electron chi connectivity index (χ2n) is 9.47. The summed E-state index contributed by atoms with van der Waals surface area (Å²) in [6.07, 6.45) is 3.14. The summed E-state index contributed by atoms with van der Waals surface area (Å²) in [5, 5.41) is 4.23. The predicted octanol–water partition coefficient (Wildman–Crippen LogP) is 5.20. The molecule has 2 aromatic rings. The number of nitrogens with one attached hydrogen (secondary N) is 1. The van der Waals surface area contributed by atoms with Crippen LogP contribution in [0.15, 0.2) is 41.5 Å². The van der Waals surface area contributed by atoms with E-state index in [2.05, 4.69) is 69.1 Å². The number of rotatable bonds is 6. The summed E-state index contributed by atoms with van der Waals surface area (Å²) in [7, 11) is 1.63. The smallest absolute Gasteiger partial charge is 0.244 e. The Morgan fingerprint density at radius 1 is 1.29 bits per heavy atom. The fourth-order valence-corrected chi connectivity index (χ4v) is 4.87. The van der Waals surface area contributed by atoms with Crippen LogP contribution in [0.4, 0.5) is 5.69 Å². The van der Waals surface area contributed by atoms with Crippen LogP contribution in [-0.4, -0.2) is 30.8 Å². The van der Waals surface area contributed by atoms with Crippen molar-refractivity contribution >= 4 is 17.8 Å². The Morgan fingerprint density at radius 3 is 2.58 bits per heavy atom. The highest BCUT2D eigenvalue weighted by Crippen LogP contribution is 2.45. The van der Waals surface area contributed by atoms with Gasteiger partial charge in [0.05, 0.1) is 19.7 Å². The molecule has 5 nitrogen and oxygen atoms in total. The number of carbonyl (C=O) groups is 1. The van der Waals surface area contributed by atoms with Gasteiger partial charge in [-0.1, -0.05) is 19.1 Å². The summed E-state index contributed by atoms with van der Waals surface area (Å²) in [4.78, 5) is 14.8. The Bertz CT molecular complexity index is 961. The average Bonchev–Trinajstić information content (AvgIpc) is 2.68. The molecule has 0 radical (unpaired) electrons. The number of hydrogen-bond acceptors (Lipinski definition) is 4. The summed E-state index contributed by atoms with van der Waals surface area (Å²) in [5.41, 5.74) is 8.56. The minimum Gasteiger partial charge on any atom is -0.497 e. The summed E-state index contributed by atoms with van der Waals surface area (Å²) < 4.78 is 5.15. The van der Waals surface area contributed by atoms with E-state index < -0.39 is 0 Å². The molecule has 1 aliphatic heterocycles. The number of ether oxygens (including phenoxy) is 1. The van der Waals surface area contributed by atoms with Gasteiger partial charge in [0.1, 0.15) is 5.75 Å². The first-order valence-corrected chi connectivity index (χ1v) is 11.0. The van der Waals surface area contributed by atoms with E-state index in [9.17, 15) is 4.79 Å². The topological polar surface area (TPSA) is 53.9 Å². The maximum Gasteiger partial charge on any atom is 0.244 e. The molecule has 0 bridgehead atoms. The van der Waals surface area contributed by atoms with Gasteiger partial charge in [0.15, 0.2) is 0 Å². The number of hydrogen-bond donors (Lipinski definition) is 1. The van der Waals surface area contributed by atoms with Gasteiger partial charge in [-0.3, -0.25) is 4.79 Å². The van der Waals surface area contributed by atoms with Crippen LogP contribution in [0.3, 0.4) is 0 Å². The second kappa shape index (κ2) is 9.13. The van der Waals surface area contributed by atoms with E-state index in [4.69, 9.17) is 4.74 Å². The SMILES string of the molecule is COc1ccc(CC(=O)N/N=C\c2cc3c(cc2C)N(C(C)C)C(C)(C)CC3C)cc1. The van der Waals surface area contributed by atoms with Crippen molar-refractivity contribution in [1.29, 1.82) is 0 Å². The van der Waals surface area contributed by atoms with Crippen molar-refractivity contribution in [2.45, 2.75) is 71.9 Å². The van der Waals surface area contributed by atoms with Crippen molar-refractivity contribution < 1.29 is 9.53 Å². The molecule has 0 fully saturated rings. The molecule has 1 aliphatic rings. The van der Waals surface area contributed by atoms with Crippen molar-refractivity contribution in [3.8, 4) is 5.75 Å². The molecule has 0 saturated heterocycles. The van der Waals surface area contributed by atoms with E-state index in [0.29, 0.717) is 12.0 Å². The molecule has 1 atom stereocenters. The summed E-state index contributed by atoms with van der Waals surface area (Å²) in [6, 6.07) is 12.4. The molecule has 2 aromatic carbocycles. The van der Waals surface area contributed by atoms with Gasteiger partial charge in [0.2, 0.25) is 5.91 Å². The lowest BCUT2D eigenvalue weighted by Crippen LogP contribution is -2.51. The van der Waals surface area contributed by atoms with Gasteiger partial charge in [0.25, 0.3) is 0 Å². The molecule has 1 heterocycles. The number of nitrogens with zero attached hydrogens (tertiary/aromatic N) is 2. The van der Waals surface area contributed by atoms with Crippen molar-refractivity contribution in [3.63, 3.8) is 0 Å². The summed E-state index contributed by atoms with van der Waals surface area (Å²) in [6.45, 7) is 13.6. The Hall–Kier alpha value is -2.82.